The van der Waals surface area contributed by atoms with E-state index in [2.05, 4.69) is 11.8 Å². The van der Waals surface area contributed by atoms with Gasteiger partial charge < -0.3 is 4.90 Å². The van der Waals surface area contributed by atoms with Crippen LogP contribution in [0, 0.1) is 0 Å². The van der Waals surface area contributed by atoms with Crippen LogP contribution in [-0.4, -0.2) is 19.9 Å². The van der Waals surface area contributed by atoms with Crippen molar-refractivity contribution < 1.29 is 4.79 Å². The summed E-state index contributed by atoms with van der Waals surface area (Å²) in [5.74, 6) is 0.0754. The van der Waals surface area contributed by atoms with Crippen LogP contribution in [0.3, 0.4) is 0 Å². The number of thiophene rings is 1. The van der Waals surface area contributed by atoms with Gasteiger partial charge in [-0.2, -0.15) is 0 Å². The van der Waals surface area contributed by atoms with Crippen molar-refractivity contribution in [2.24, 2.45) is 0 Å². The minimum atomic E-state index is 0.0754. The summed E-state index contributed by atoms with van der Waals surface area (Å²) in [6.07, 6.45) is 4.50. The second kappa shape index (κ2) is 6.53. The maximum Gasteiger partial charge on any atom is 0.195 e. The Labute approximate surface area is 124 Å². The summed E-state index contributed by atoms with van der Waals surface area (Å²) in [6, 6.07) is 12.1. The maximum absolute atomic E-state index is 12.0. The van der Waals surface area contributed by atoms with Gasteiger partial charge in [-0.3, -0.25) is 4.79 Å². The molecule has 2 nitrogen and oxygen atoms in total. The van der Waals surface area contributed by atoms with E-state index in [0.717, 1.165) is 22.5 Å². The molecule has 20 heavy (non-hydrogen) atoms. The Morgan fingerprint density at radius 1 is 1.15 bits per heavy atom. The number of hydrogen-bond donors (Lipinski definition) is 0. The van der Waals surface area contributed by atoms with Crippen molar-refractivity contribution in [3.05, 3.63) is 57.8 Å². The normalized spacial score (nSPS) is 10.9. The lowest BCUT2D eigenvalue weighted by molar-refractivity contribution is 0.105. The quantitative estimate of drug-likeness (QED) is 0.604. The number of rotatable bonds is 5. The predicted molar refractivity (Wildman–Crippen MR) is 87.8 cm³/mol. The van der Waals surface area contributed by atoms with Gasteiger partial charge in [-0.1, -0.05) is 25.1 Å². The summed E-state index contributed by atoms with van der Waals surface area (Å²) in [6.45, 7) is 2.10. The van der Waals surface area contributed by atoms with E-state index in [-0.39, 0.29) is 5.78 Å². The third kappa shape index (κ3) is 3.58. The van der Waals surface area contributed by atoms with Crippen LogP contribution in [0.1, 0.15) is 27.0 Å². The molecule has 0 fully saturated rings. The highest BCUT2D eigenvalue weighted by Gasteiger charge is 2.05. The second-order valence-electron chi connectivity index (χ2n) is 4.80. The number of hydrogen-bond acceptors (Lipinski definition) is 3. The van der Waals surface area contributed by atoms with Crippen LogP contribution in [0.5, 0.6) is 0 Å². The number of carbonyl (C=O) groups is 1. The molecular formula is C17H19NOS. The topological polar surface area (TPSA) is 20.3 Å². The van der Waals surface area contributed by atoms with Gasteiger partial charge in [0.2, 0.25) is 0 Å². The summed E-state index contributed by atoms with van der Waals surface area (Å²) in [5.41, 5.74) is 2.19. The molecule has 0 radical (unpaired) electrons. The van der Waals surface area contributed by atoms with Gasteiger partial charge in [0.25, 0.3) is 0 Å². The summed E-state index contributed by atoms with van der Waals surface area (Å²) in [5, 5.41) is 0. The number of carbonyl (C=O) groups excluding carboxylic acids is 1. The molecular weight excluding hydrogens is 266 g/mol. The third-order valence-electron chi connectivity index (χ3n) is 3.09. The fourth-order valence-electron chi connectivity index (χ4n) is 1.84. The fourth-order valence-corrected chi connectivity index (χ4v) is 2.71. The molecule has 0 unspecified atom stereocenters. The zero-order valence-electron chi connectivity index (χ0n) is 12.1. The van der Waals surface area contributed by atoms with Gasteiger partial charge in [-0.15, -0.1) is 11.3 Å². The summed E-state index contributed by atoms with van der Waals surface area (Å²) in [4.78, 5) is 16.1. The van der Waals surface area contributed by atoms with Crippen LogP contribution in [0.2, 0.25) is 0 Å². The Bertz CT molecular complexity index is 608. The third-order valence-corrected chi connectivity index (χ3v) is 4.33. The largest absolute Gasteiger partial charge is 0.378 e. The summed E-state index contributed by atoms with van der Waals surface area (Å²) < 4.78 is 0. The van der Waals surface area contributed by atoms with Crippen LogP contribution >= 0.6 is 11.3 Å². The molecule has 1 aromatic carbocycles. The van der Waals surface area contributed by atoms with E-state index in [4.69, 9.17) is 0 Å². The van der Waals surface area contributed by atoms with Gasteiger partial charge in [0.1, 0.15) is 0 Å². The molecule has 0 atom stereocenters. The summed E-state index contributed by atoms with van der Waals surface area (Å²) in [7, 11) is 4.02. The van der Waals surface area contributed by atoms with E-state index in [1.54, 1.807) is 17.4 Å². The van der Waals surface area contributed by atoms with Crippen molar-refractivity contribution in [1.82, 2.24) is 0 Å². The molecule has 0 spiro atoms. The molecule has 0 aliphatic heterocycles. The Morgan fingerprint density at radius 3 is 2.40 bits per heavy atom. The van der Waals surface area contributed by atoms with Gasteiger partial charge in [0.05, 0.1) is 4.88 Å². The first-order valence-electron chi connectivity index (χ1n) is 6.68. The first-order valence-corrected chi connectivity index (χ1v) is 7.50. The number of aryl methyl sites for hydroxylation is 1. The molecule has 0 aliphatic carbocycles. The summed E-state index contributed by atoms with van der Waals surface area (Å²) >= 11 is 1.58. The van der Waals surface area contributed by atoms with E-state index in [1.165, 1.54) is 4.88 Å². The van der Waals surface area contributed by atoms with Gasteiger partial charge in [-0.05, 0) is 42.3 Å². The second-order valence-corrected chi connectivity index (χ2v) is 5.97. The highest BCUT2D eigenvalue weighted by atomic mass is 32.1. The van der Waals surface area contributed by atoms with Crippen LogP contribution in [0.4, 0.5) is 5.69 Å². The van der Waals surface area contributed by atoms with E-state index < -0.39 is 0 Å². The van der Waals surface area contributed by atoms with E-state index in [9.17, 15) is 4.79 Å². The van der Waals surface area contributed by atoms with Crippen molar-refractivity contribution in [3.63, 3.8) is 0 Å². The SMILES string of the molecule is CCc1ccc(C(=O)/C=C/c2ccc(N(C)C)cc2)s1. The number of ketones is 1. The monoisotopic (exact) mass is 285 g/mol. The van der Waals surface area contributed by atoms with Gasteiger partial charge in [0, 0.05) is 24.7 Å². The molecule has 2 aromatic rings. The fraction of sp³-hybridized carbons (Fsp3) is 0.235. The van der Waals surface area contributed by atoms with Crippen LogP contribution in [0.25, 0.3) is 6.08 Å². The van der Waals surface area contributed by atoms with Crippen molar-refractivity contribution >= 4 is 28.9 Å². The Hall–Kier alpha value is -1.87. The zero-order chi connectivity index (χ0) is 14.5. The molecule has 1 heterocycles. The predicted octanol–water partition coefficient (Wildman–Crippen LogP) is 4.27. The Kier molecular flexibility index (Phi) is 4.74. The maximum atomic E-state index is 12.0. The smallest absolute Gasteiger partial charge is 0.195 e. The first-order chi connectivity index (χ1) is 9.60. The minimum absolute atomic E-state index is 0.0754. The van der Waals surface area contributed by atoms with E-state index >= 15 is 0 Å². The molecule has 3 heteroatoms. The number of allylic oxidation sites excluding steroid dienone is 1. The van der Waals surface area contributed by atoms with Gasteiger partial charge >= 0.3 is 0 Å². The standard InChI is InChI=1S/C17H19NOS/c1-4-15-10-12-17(20-15)16(19)11-7-13-5-8-14(9-6-13)18(2)3/h5-12H,4H2,1-3H3/b11-7+. The molecule has 2 rings (SSSR count). The van der Waals surface area contributed by atoms with Gasteiger partial charge in [0.15, 0.2) is 5.78 Å². The highest BCUT2D eigenvalue weighted by molar-refractivity contribution is 7.14. The molecule has 0 saturated carbocycles. The van der Waals surface area contributed by atoms with Crippen LogP contribution < -0.4 is 4.90 Å². The number of nitrogens with zero attached hydrogens (tertiary/aromatic N) is 1. The lowest BCUT2D eigenvalue weighted by Crippen LogP contribution is -2.07. The van der Waals surface area contributed by atoms with Crippen molar-refractivity contribution in [1.29, 1.82) is 0 Å². The van der Waals surface area contributed by atoms with Crippen molar-refractivity contribution in [3.8, 4) is 0 Å². The number of anilines is 1. The highest BCUT2D eigenvalue weighted by Crippen LogP contribution is 2.18. The van der Waals surface area contributed by atoms with E-state index in [0.29, 0.717) is 0 Å². The van der Waals surface area contributed by atoms with E-state index in [1.807, 2.05) is 56.6 Å². The molecule has 1 aromatic heterocycles. The molecule has 104 valence electrons. The zero-order valence-corrected chi connectivity index (χ0v) is 12.9. The average molecular weight is 285 g/mol. The average Bonchev–Trinajstić information content (AvgIpc) is 2.94. The van der Waals surface area contributed by atoms with Crippen molar-refractivity contribution in [2.75, 3.05) is 19.0 Å². The Morgan fingerprint density at radius 2 is 1.85 bits per heavy atom. The number of benzene rings is 1. The lowest BCUT2D eigenvalue weighted by atomic mass is 10.1. The van der Waals surface area contributed by atoms with Crippen LogP contribution in [-0.2, 0) is 6.42 Å². The lowest BCUT2D eigenvalue weighted by Gasteiger charge is -2.11. The van der Waals surface area contributed by atoms with Crippen molar-refractivity contribution in [2.45, 2.75) is 13.3 Å². The van der Waals surface area contributed by atoms with Gasteiger partial charge in [-0.25, -0.2) is 0 Å². The molecule has 0 aliphatic rings. The molecule has 0 bridgehead atoms. The van der Waals surface area contributed by atoms with Crippen LogP contribution in [0.15, 0.2) is 42.5 Å². The minimum Gasteiger partial charge on any atom is -0.378 e. The Balaban J connectivity index is 2.06. The molecule has 0 amide bonds. The molecule has 0 saturated heterocycles. The molecule has 0 N–H and O–H groups in total. The first kappa shape index (κ1) is 14.5.